The fourth-order valence-electron chi connectivity index (χ4n) is 5.32. The minimum absolute atomic E-state index is 0.286. The van der Waals surface area contributed by atoms with Gasteiger partial charge in [-0.25, -0.2) is 0 Å². The molecular weight excluding hydrogens is 413 g/mol. The molecule has 2 aromatic rings. The third-order valence-electron chi connectivity index (χ3n) is 7.79. The van der Waals surface area contributed by atoms with Crippen molar-refractivity contribution in [3.05, 3.63) is 53.1 Å². The Morgan fingerprint density at radius 3 is 2.36 bits per heavy atom. The number of hydrogen-bond donors (Lipinski definition) is 0. The van der Waals surface area contributed by atoms with Gasteiger partial charge in [-0.1, -0.05) is 18.2 Å². The van der Waals surface area contributed by atoms with E-state index in [2.05, 4.69) is 70.7 Å². The highest BCUT2D eigenvalue weighted by atomic mass is 16.7. The number of methoxy groups -OCH3 is 1. The fourth-order valence-corrected chi connectivity index (χ4v) is 5.32. The quantitative estimate of drug-likeness (QED) is 0.638. The van der Waals surface area contributed by atoms with Crippen LogP contribution in [-0.4, -0.2) is 42.5 Å². The van der Waals surface area contributed by atoms with E-state index >= 15 is 0 Å². The molecule has 2 heterocycles. The van der Waals surface area contributed by atoms with Crippen LogP contribution < -0.4 is 14.9 Å². The summed E-state index contributed by atoms with van der Waals surface area (Å²) in [5.74, 6) is 1.82. The second kappa shape index (κ2) is 7.76. The number of ether oxygens (including phenoxy) is 2. The maximum atomic E-state index is 6.44. The lowest BCUT2D eigenvalue weighted by molar-refractivity contribution is 0.00578. The number of nitrogens with zero attached hydrogens (tertiary/aromatic N) is 1. The Morgan fingerprint density at radius 2 is 1.67 bits per heavy atom. The average molecular weight is 449 g/mol. The van der Waals surface area contributed by atoms with E-state index in [1.807, 2.05) is 12.1 Å². The smallest absolute Gasteiger partial charge is 0.494 e. The van der Waals surface area contributed by atoms with Crippen molar-refractivity contribution < 1.29 is 18.8 Å². The van der Waals surface area contributed by atoms with Crippen molar-refractivity contribution in [3.63, 3.8) is 0 Å². The topological polar surface area (TPSA) is 40.2 Å². The highest BCUT2D eigenvalue weighted by Crippen LogP contribution is 2.42. The first-order valence-corrected chi connectivity index (χ1v) is 12.1. The van der Waals surface area contributed by atoms with E-state index in [0.717, 1.165) is 42.9 Å². The van der Waals surface area contributed by atoms with Crippen LogP contribution in [0.5, 0.6) is 11.5 Å². The Balaban J connectivity index is 1.47. The van der Waals surface area contributed by atoms with E-state index in [1.165, 1.54) is 16.7 Å². The number of benzene rings is 2. The molecule has 5 rings (SSSR count). The number of rotatable bonds is 3. The van der Waals surface area contributed by atoms with E-state index in [1.54, 1.807) is 7.11 Å². The molecule has 1 aliphatic carbocycles. The van der Waals surface area contributed by atoms with Gasteiger partial charge in [-0.15, -0.1) is 0 Å². The van der Waals surface area contributed by atoms with Gasteiger partial charge in [-0.2, -0.15) is 0 Å². The van der Waals surface area contributed by atoms with Gasteiger partial charge in [0.2, 0.25) is 0 Å². The van der Waals surface area contributed by atoms with Crippen LogP contribution in [0, 0.1) is 0 Å². The van der Waals surface area contributed by atoms with Crippen molar-refractivity contribution in [1.29, 1.82) is 0 Å². The predicted octanol–water partition coefficient (Wildman–Crippen LogP) is 4.65. The summed E-state index contributed by atoms with van der Waals surface area (Å²) in [4.78, 5) is 2.57. The first-order valence-electron chi connectivity index (χ1n) is 12.1. The Hall–Kier alpha value is -2.02. The Labute approximate surface area is 198 Å². The Morgan fingerprint density at radius 1 is 0.939 bits per heavy atom. The zero-order valence-electron chi connectivity index (χ0n) is 21.0. The highest BCUT2D eigenvalue weighted by Gasteiger charge is 2.52. The first kappa shape index (κ1) is 22.8. The molecule has 5 nitrogen and oxygen atoms in total. The maximum Gasteiger partial charge on any atom is 0.494 e. The van der Waals surface area contributed by atoms with Gasteiger partial charge in [0.1, 0.15) is 17.1 Å². The van der Waals surface area contributed by atoms with Crippen molar-refractivity contribution in [2.24, 2.45) is 0 Å². The lowest BCUT2D eigenvalue weighted by Crippen LogP contribution is -2.42. The molecule has 33 heavy (non-hydrogen) atoms. The summed E-state index contributed by atoms with van der Waals surface area (Å²) in [6.45, 7) is 14.5. The molecule has 0 saturated carbocycles. The standard InChI is InChI=1S/C27H36BNO4/c1-25(2)17-29(16-19-14-21(30-7)11-13-24(19)31-25)23-12-9-18-8-10-20(15-22(18)23)28-32-26(3,4)27(5,6)33-28/h8,10-11,13-15,23H,9,12,16-17H2,1-7H3. The van der Waals surface area contributed by atoms with E-state index in [9.17, 15) is 0 Å². The molecule has 0 spiro atoms. The van der Waals surface area contributed by atoms with E-state index in [0.29, 0.717) is 6.04 Å². The van der Waals surface area contributed by atoms with Gasteiger partial charge in [-0.05, 0) is 89.2 Å². The largest absolute Gasteiger partial charge is 0.497 e. The molecule has 0 aromatic heterocycles. The number of fused-ring (bicyclic) bond motifs is 2. The molecule has 3 aliphatic rings. The van der Waals surface area contributed by atoms with Crippen molar-refractivity contribution in [2.75, 3.05) is 13.7 Å². The molecule has 2 aromatic carbocycles. The summed E-state index contributed by atoms with van der Waals surface area (Å²) in [5.41, 5.74) is 4.13. The monoisotopic (exact) mass is 449 g/mol. The van der Waals surface area contributed by atoms with Crippen molar-refractivity contribution in [2.45, 2.75) is 83.8 Å². The lowest BCUT2D eigenvalue weighted by atomic mass is 9.77. The van der Waals surface area contributed by atoms with Crippen LogP contribution in [-0.2, 0) is 22.3 Å². The summed E-state index contributed by atoms with van der Waals surface area (Å²) >= 11 is 0. The maximum absolute atomic E-state index is 6.44. The number of aryl methyl sites for hydroxylation is 1. The average Bonchev–Trinajstić information content (AvgIpc) is 3.20. The van der Waals surface area contributed by atoms with Crippen molar-refractivity contribution in [1.82, 2.24) is 4.90 Å². The summed E-state index contributed by atoms with van der Waals surface area (Å²) in [6.07, 6.45) is 2.20. The van der Waals surface area contributed by atoms with E-state index in [4.69, 9.17) is 18.8 Å². The Kier molecular flexibility index (Phi) is 5.35. The highest BCUT2D eigenvalue weighted by molar-refractivity contribution is 6.62. The van der Waals surface area contributed by atoms with Gasteiger partial charge in [0.15, 0.2) is 0 Å². The van der Waals surface area contributed by atoms with Gasteiger partial charge in [0, 0.05) is 24.7 Å². The van der Waals surface area contributed by atoms with Gasteiger partial charge in [-0.3, -0.25) is 4.90 Å². The second-order valence-electron chi connectivity index (χ2n) is 11.3. The molecule has 0 amide bonds. The van der Waals surface area contributed by atoms with Gasteiger partial charge in [0.05, 0.1) is 18.3 Å². The van der Waals surface area contributed by atoms with Crippen LogP contribution in [0.15, 0.2) is 36.4 Å². The van der Waals surface area contributed by atoms with E-state index in [-0.39, 0.29) is 23.9 Å². The second-order valence-corrected chi connectivity index (χ2v) is 11.3. The van der Waals surface area contributed by atoms with Crippen LogP contribution in [0.4, 0.5) is 0 Å². The third kappa shape index (κ3) is 4.07. The normalized spacial score (nSPS) is 25.2. The first-order chi connectivity index (χ1) is 15.5. The molecule has 0 bridgehead atoms. The molecule has 2 aliphatic heterocycles. The number of hydrogen-bond acceptors (Lipinski definition) is 5. The summed E-state index contributed by atoms with van der Waals surface area (Å²) < 4.78 is 24.6. The summed E-state index contributed by atoms with van der Waals surface area (Å²) in [5, 5.41) is 0. The molecule has 1 unspecified atom stereocenters. The van der Waals surface area contributed by atoms with Crippen LogP contribution in [0.1, 0.15) is 70.7 Å². The van der Waals surface area contributed by atoms with Crippen LogP contribution >= 0.6 is 0 Å². The summed E-state index contributed by atoms with van der Waals surface area (Å²) in [7, 11) is 1.38. The molecule has 0 N–H and O–H groups in total. The third-order valence-corrected chi connectivity index (χ3v) is 7.79. The van der Waals surface area contributed by atoms with Crippen molar-refractivity contribution >= 4 is 12.6 Å². The lowest BCUT2D eigenvalue weighted by Gasteiger charge is -2.34. The SMILES string of the molecule is COc1ccc2c(c1)CN(C1CCc3ccc(B4OC(C)(C)C(C)(C)O4)cc31)CC(C)(C)O2. The molecule has 6 heteroatoms. The predicted molar refractivity (Wildman–Crippen MR) is 131 cm³/mol. The molecule has 0 radical (unpaired) electrons. The van der Waals surface area contributed by atoms with Gasteiger partial charge >= 0.3 is 7.12 Å². The van der Waals surface area contributed by atoms with Crippen LogP contribution in [0.3, 0.4) is 0 Å². The zero-order chi connectivity index (χ0) is 23.6. The minimum atomic E-state index is -0.342. The minimum Gasteiger partial charge on any atom is -0.497 e. The van der Waals surface area contributed by atoms with Crippen LogP contribution in [0.2, 0.25) is 0 Å². The molecule has 1 atom stereocenters. The molecule has 1 saturated heterocycles. The summed E-state index contributed by atoms with van der Waals surface area (Å²) in [6, 6.07) is 13.2. The zero-order valence-corrected chi connectivity index (χ0v) is 21.0. The molecule has 176 valence electrons. The fraction of sp³-hybridized carbons (Fsp3) is 0.556. The van der Waals surface area contributed by atoms with Gasteiger partial charge in [0.25, 0.3) is 0 Å². The van der Waals surface area contributed by atoms with E-state index < -0.39 is 0 Å². The molecular formula is C27H36BNO4. The Bertz CT molecular complexity index is 1050. The van der Waals surface area contributed by atoms with Crippen molar-refractivity contribution in [3.8, 4) is 11.5 Å². The molecule has 1 fully saturated rings. The van der Waals surface area contributed by atoms with Crippen LogP contribution in [0.25, 0.3) is 0 Å². The van der Waals surface area contributed by atoms with Gasteiger partial charge < -0.3 is 18.8 Å².